The molecule has 0 saturated carbocycles. The van der Waals surface area contributed by atoms with Crippen LogP contribution in [0.3, 0.4) is 0 Å². The molecule has 0 aliphatic carbocycles. The second-order valence-corrected chi connectivity index (χ2v) is 6.16. The average molecular weight is 341 g/mol. The lowest BCUT2D eigenvalue weighted by atomic mass is 10.0. The van der Waals surface area contributed by atoms with Gasteiger partial charge in [-0.05, 0) is 55.0 Å². The van der Waals surface area contributed by atoms with E-state index < -0.39 is 0 Å². The maximum Gasteiger partial charge on any atom is 0.173 e. The summed E-state index contributed by atoms with van der Waals surface area (Å²) >= 11 is 3.48. The Kier molecular flexibility index (Phi) is 4.88. The number of amidine groups is 1. The molecule has 1 saturated heterocycles. The average Bonchev–Trinajstić information content (AvgIpc) is 2.46. The monoisotopic (exact) mass is 340 g/mol. The molecule has 2 rings (SSSR count). The molecular weight excluding hydrogens is 320 g/mol. The molecule has 0 unspecified atom stereocenters. The highest BCUT2D eigenvalue weighted by Crippen LogP contribution is 2.30. The van der Waals surface area contributed by atoms with E-state index in [-0.39, 0.29) is 5.84 Å². The van der Waals surface area contributed by atoms with Crippen LogP contribution in [0, 0.1) is 0 Å². The van der Waals surface area contributed by atoms with E-state index in [0.29, 0.717) is 6.04 Å². The Bertz CT molecular complexity index is 496. The molecular formula is C14H21BrN4O. The maximum absolute atomic E-state index is 8.97. The molecule has 6 heteroatoms. The topological polar surface area (TPSA) is 65.1 Å². The van der Waals surface area contributed by atoms with Crippen molar-refractivity contribution in [3.8, 4) is 0 Å². The smallest absolute Gasteiger partial charge is 0.173 e. The number of hydrogen-bond acceptors (Lipinski definition) is 4. The van der Waals surface area contributed by atoms with Crippen molar-refractivity contribution in [2.75, 3.05) is 32.1 Å². The number of oxime groups is 1. The normalized spacial score (nSPS) is 17.8. The van der Waals surface area contributed by atoms with E-state index in [9.17, 15) is 0 Å². The van der Waals surface area contributed by atoms with Crippen molar-refractivity contribution in [2.24, 2.45) is 10.9 Å². The molecule has 5 nitrogen and oxygen atoms in total. The Morgan fingerprint density at radius 1 is 1.40 bits per heavy atom. The number of rotatable bonds is 3. The zero-order valence-electron chi connectivity index (χ0n) is 11.9. The number of halogens is 1. The van der Waals surface area contributed by atoms with E-state index in [0.717, 1.165) is 41.7 Å². The Balaban J connectivity index is 2.24. The first-order valence-corrected chi connectivity index (χ1v) is 7.51. The summed E-state index contributed by atoms with van der Waals surface area (Å²) in [4.78, 5) is 4.58. The fourth-order valence-corrected chi connectivity index (χ4v) is 3.26. The van der Waals surface area contributed by atoms with Gasteiger partial charge in [0.1, 0.15) is 0 Å². The van der Waals surface area contributed by atoms with Crippen LogP contribution in [0.1, 0.15) is 18.4 Å². The third kappa shape index (κ3) is 3.07. The van der Waals surface area contributed by atoms with Crippen molar-refractivity contribution in [1.82, 2.24) is 4.90 Å². The second-order valence-electron chi connectivity index (χ2n) is 5.30. The van der Waals surface area contributed by atoms with Gasteiger partial charge >= 0.3 is 0 Å². The third-order valence-electron chi connectivity index (χ3n) is 3.89. The molecule has 1 heterocycles. The van der Waals surface area contributed by atoms with Crippen LogP contribution in [0.2, 0.25) is 0 Å². The third-order valence-corrected chi connectivity index (χ3v) is 4.55. The fraction of sp³-hybridized carbons (Fsp3) is 0.500. The lowest BCUT2D eigenvalue weighted by Gasteiger charge is -2.37. The number of hydrogen-bond donors (Lipinski definition) is 2. The highest BCUT2D eigenvalue weighted by atomic mass is 79.9. The minimum absolute atomic E-state index is 0.141. The van der Waals surface area contributed by atoms with E-state index in [2.05, 4.69) is 45.0 Å². The van der Waals surface area contributed by atoms with Gasteiger partial charge in [0.05, 0.1) is 5.56 Å². The van der Waals surface area contributed by atoms with Gasteiger partial charge in [0.25, 0.3) is 0 Å². The number of benzene rings is 1. The summed E-state index contributed by atoms with van der Waals surface area (Å²) in [6, 6.07) is 6.54. The van der Waals surface area contributed by atoms with Gasteiger partial charge in [-0.25, -0.2) is 0 Å². The van der Waals surface area contributed by atoms with Gasteiger partial charge in [-0.1, -0.05) is 11.2 Å². The van der Waals surface area contributed by atoms with Gasteiger partial charge in [-0.3, -0.25) is 0 Å². The number of anilines is 1. The summed E-state index contributed by atoms with van der Waals surface area (Å²) in [6.45, 7) is 1.95. The number of nitrogens with zero attached hydrogens (tertiary/aromatic N) is 3. The summed E-state index contributed by atoms with van der Waals surface area (Å²) in [5, 5.41) is 12.1. The van der Waals surface area contributed by atoms with E-state index in [1.54, 1.807) is 0 Å². The molecule has 0 atom stereocenters. The molecule has 1 aromatic rings. The predicted molar refractivity (Wildman–Crippen MR) is 85.6 cm³/mol. The SMILES string of the molecule is CN(C)C1CCN(c2cccc(Br)c2/C(N)=N/O)CC1. The zero-order chi connectivity index (χ0) is 14.7. The van der Waals surface area contributed by atoms with Gasteiger partial charge in [0.15, 0.2) is 5.84 Å². The van der Waals surface area contributed by atoms with Crippen LogP contribution >= 0.6 is 15.9 Å². The van der Waals surface area contributed by atoms with Crippen molar-refractivity contribution in [3.05, 3.63) is 28.2 Å². The minimum Gasteiger partial charge on any atom is -0.409 e. The van der Waals surface area contributed by atoms with Crippen molar-refractivity contribution in [3.63, 3.8) is 0 Å². The molecule has 1 fully saturated rings. The van der Waals surface area contributed by atoms with E-state index in [1.807, 2.05) is 18.2 Å². The molecule has 0 aromatic heterocycles. The van der Waals surface area contributed by atoms with E-state index in [1.165, 1.54) is 0 Å². The minimum atomic E-state index is 0.141. The van der Waals surface area contributed by atoms with Crippen LogP contribution in [0.4, 0.5) is 5.69 Å². The number of nitrogens with two attached hydrogens (primary N) is 1. The molecule has 3 N–H and O–H groups in total. The lowest BCUT2D eigenvalue weighted by molar-refractivity contribution is 0.249. The first-order chi connectivity index (χ1) is 9.54. The molecule has 20 heavy (non-hydrogen) atoms. The summed E-state index contributed by atoms with van der Waals surface area (Å²) in [6.07, 6.45) is 2.24. The zero-order valence-corrected chi connectivity index (χ0v) is 13.5. The molecule has 0 radical (unpaired) electrons. The maximum atomic E-state index is 8.97. The summed E-state index contributed by atoms with van der Waals surface area (Å²) in [5.74, 6) is 0.141. The van der Waals surface area contributed by atoms with E-state index in [4.69, 9.17) is 10.9 Å². The Hall–Kier alpha value is -1.27. The highest BCUT2D eigenvalue weighted by Gasteiger charge is 2.23. The first-order valence-electron chi connectivity index (χ1n) is 6.72. The quantitative estimate of drug-likeness (QED) is 0.382. The highest BCUT2D eigenvalue weighted by molar-refractivity contribution is 9.10. The van der Waals surface area contributed by atoms with Crippen LogP contribution in [0.5, 0.6) is 0 Å². The number of piperidine rings is 1. The largest absolute Gasteiger partial charge is 0.409 e. The summed E-state index contributed by atoms with van der Waals surface area (Å²) < 4.78 is 0.847. The van der Waals surface area contributed by atoms with Crippen molar-refractivity contribution in [2.45, 2.75) is 18.9 Å². The predicted octanol–water partition coefficient (Wildman–Crippen LogP) is 2.07. The van der Waals surface area contributed by atoms with Crippen molar-refractivity contribution in [1.29, 1.82) is 0 Å². The van der Waals surface area contributed by atoms with Crippen LogP contribution in [0.15, 0.2) is 27.8 Å². The van der Waals surface area contributed by atoms with Crippen LogP contribution in [0.25, 0.3) is 0 Å². The van der Waals surface area contributed by atoms with Gasteiger partial charge in [-0.2, -0.15) is 0 Å². The summed E-state index contributed by atoms with van der Waals surface area (Å²) in [5.41, 5.74) is 7.60. The van der Waals surface area contributed by atoms with Gasteiger partial charge < -0.3 is 20.7 Å². The van der Waals surface area contributed by atoms with Crippen molar-refractivity contribution >= 4 is 27.5 Å². The van der Waals surface area contributed by atoms with Crippen molar-refractivity contribution < 1.29 is 5.21 Å². The van der Waals surface area contributed by atoms with E-state index >= 15 is 0 Å². The molecule has 0 spiro atoms. The Labute approximate surface area is 128 Å². The van der Waals surface area contributed by atoms with Gasteiger partial charge in [0.2, 0.25) is 0 Å². The second kappa shape index (κ2) is 6.45. The molecule has 1 aromatic carbocycles. The van der Waals surface area contributed by atoms with Gasteiger partial charge in [-0.15, -0.1) is 0 Å². The Morgan fingerprint density at radius 3 is 2.60 bits per heavy atom. The molecule has 0 amide bonds. The summed E-state index contributed by atoms with van der Waals surface area (Å²) in [7, 11) is 4.25. The Morgan fingerprint density at radius 2 is 2.05 bits per heavy atom. The molecule has 1 aliphatic rings. The standard InChI is InChI=1S/C14H21BrN4O/c1-18(2)10-6-8-19(9-7-10)12-5-3-4-11(15)13(12)14(16)17-20/h3-5,10,20H,6-9H2,1-2H3,(H2,16,17). The molecule has 110 valence electrons. The van der Waals surface area contributed by atoms with Crippen LogP contribution in [-0.2, 0) is 0 Å². The van der Waals surface area contributed by atoms with Crippen LogP contribution < -0.4 is 10.6 Å². The lowest BCUT2D eigenvalue weighted by Crippen LogP contribution is -2.42. The molecule has 1 aliphatic heterocycles. The van der Waals surface area contributed by atoms with Crippen LogP contribution in [-0.4, -0.2) is 49.2 Å². The molecule has 0 bridgehead atoms. The first kappa shape index (κ1) is 15.1. The van der Waals surface area contributed by atoms with Gasteiger partial charge in [0, 0.05) is 29.3 Å². The fourth-order valence-electron chi connectivity index (χ4n) is 2.70.